The first-order valence-corrected chi connectivity index (χ1v) is 14.6. The number of nitrogens with zero attached hydrogens (tertiary/aromatic N) is 6. The number of aryl methyl sites for hydroxylation is 1. The fourth-order valence-electron chi connectivity index (χ4n) is 6.17. The van der Waals surface area contributed by atoms with Crippen molar-refractivity contribution in [1.29, 1.82) is 5.26 Å². The van der Waals surface area contributed by atoms with Crippen molar-refractivity contribution in [2.75, 3.05) is 11.4 Å². The van der Waals surface area contributed by atoms with E-state index in [-0.39, 0.29) is 18.3 Å². The molecular formula is C33H32FN7O. The van der Waals surface area contributed by atoms with Crippen LogP contribution in [0.25, 0.3) is 22.5 Å². The minimum absolute atomic E-state index is 0.135. The van der Waals surface area contributed by atoms with Crippen molar-refractivity contribution in [3.63, 3.8) is 0 Å². The number of hydrogen-bond acceptors (Lipinski definition) is 6. The summed E-state index contributed by atoms with van der Waals surface area (Å²) < 4.78 is 17.2. The number of pyridine rings is 1. The Kier molecular flexibility index (Phi) is 6.39. The third kappa shape index (κ3) is 4.76. The number of nitrogens with one attached hydrogen (secondary N) is 1. The van der Waals surface area contributed by atoms with E-state index in [0.29, 0.717) is 46.2 Å². The SMILES string of the molecule is Cn1cnnc1-c1cc(C#N)ccc1-c1cc(C2CC2)nc(N2Cc3c(F)cc(CNCC4(C)CCC4)cc3C2=O)c1. The number of rotatable bonds is 8. The Balaban J connectivity index is 1.23. The minimum atomic E-state index is -0.356. The highest BCUT2D eigenvalue weighted by molar-refractivity contribution is 6.10. The molecule has 2 saturated carbocycles. The van der Waals surface area contributed by atoms with Gasteiger partial charge in [-0.15, -0.1) is 10.2 Å². The number of anilines is 1. The first kappa shape index (κ1) is 26.5. The van der Waals surface area contributed by atoms with E-state index < -0.39 is 0 Å². The maximum atomic E-state index is 15.4. The highest BCUT2D eigenvalue weighted by Gasteiger charge is 2.35. The summed E-state index contributed by atoms with van der Waals surface area (Å²) in [7, 11) is 1.86. The van der Waals surface area contributed by atoms with Crippen LogP contribution in [0.1, 0.15) is 77.7 Å². The monoisotopic (exact) mass is 561 g/mol. The summed E-state index contributed by atoms with van der Waals surface area (Å²) in [6.45, 7) is 3.82. The molecule has 0 atom stereocenters. The van der Waals surface area contributed by atoms with Gasteiger partial charge >= 0.3 is 0 Å². The maximum Gasteiger partial charge on any atom is 0.260 e. The minimum Gasteiger partial charge on any atom is -0.317 e. The molecule has 0 spiro atoms. The summed E-state index contributed by atoms with van der Waals surface area (Å²) in [6.07, 6.45) is 7.39. The van der Waals surface area contributed by atoms with Gasteiger partial charge in [0.1, 0.15) is 18.0 Å². The van der Waals surface area contributed by atoms with Gasteiger partial charge in [0.05, 0.1) is 18.2 Å². The van der Waals surface area contributed by atoms with Crippen molar-refractivity contribution in [2.45, 2.75) is 58.0 Å². The molecule has 0 saturated heterocycles. The van der Waals surface area contributed by atoms with Crippen molar-refractivity contribution in [3.05, 3.63) is 82.6 Å². The second-order valence-electron chi connectivity index (χ2n) is 12.3. The second-order valence-corrected chi connectivity index (χ2v) is 12.3. The van der Waals surface area contributed by atoms with Gasteiger partial charge in [0.15, 0.2) is 5.82 Å². The lowest BCUT2D eigenvalue weighted by Crippen LogP contribution is -2.37. The quantitative estimate of drug-likeness (QED) is 0.289. The van der Waals surface area contributed by atoms with Crippen LogP contribution in [0.15, 0.2) is 48.8 Å². The van der Waals surface area contributed by atoms with Crippen LogP contribution in [0.5, 0.6) is 0 Å². The van der Waals surface area contributed by atoms with E-state index in [4.69, 9.17) is 4.98 Å². The molecule has 2 aliphatic carbocycles. The van der Waals surface area contributed by atoms with Gasteiger partial charge < -0.3 is 9.88 Å². The normalized spacial score (nSPS) is 17.2. The van der Waals surface area contributed by atoms with Gasteiger partial charge in [-0.05, 0) is 84.2 Å². The predicted molar refractivity (Wildman–Crippen MR) is 157 cm³/mol. The molecule has 2 fully saturated rings. The van der Waals surface area contributed by atoms with Gasteiger partial charge in [-0.2, -0.15) is 5.26 Å². The first-order valence-electron chi connectivity index (χ1n) is 14.6. The van der Waals surface area contributed by atoms with Crippen LogP contribution in [-0.4, -0.2) is 32.2 Å². The van der Waals surface area contributed by atoms with Gasteiger partial charge in [0.25, 0.3) is 5.91 Å². The van der Waals surface area contributed by atoms with E-state index in [2.05, 4.69) is 34.6 Å². The number of amides is 1. The molecule has 8 nitrogen and oxygen atoms in total. The number of fused-ring (bicyclic) bond motifs is 1. The van der Waals surface area contributed by atoms with E-state index in [0.717, 1.165) is 47.3 Å². The molecule has 0 bridgehead atoms. The van der Waals surface area contributed by atoms with Crippen LogP contribution in [0.2, 0.25) is 0 Å². The number of nitriles is 1. The van der Waals surface area contributed by atoms with E-state index in [9.17, 15) is 10.1 Å². The van der Waals surface area contributed by atoms with Crippen molar-refractivity contribution in [2.24, 2.45) is 12.5 Å². The Hall–Kier alpha value is -4.42. The molecule has 2 aromatic carbocycles. The number of aromatic nitrogens is 4. The fraction of sp³-hybridized carbons (Fsp3) is 0.364. The van der Waals surface area contributed by atoms with Crippen molar-refractivity contribution in [1.82, 2.24) is 25.1 Å². The summed E-state index contributed by atoms with van der Waals surface area (Å²) in [5, 5.41) is 21.4. The molecule has 212 valence electrons. The largest absolute Gasteiger partial charge is 0.317 e. The molecule has 1 amide bonds. The fourth-order valence-corrected chi connectivity index (χ4v) is 6.17. The molecule has 9 heteroatoms. The Morgan fingerprint density at radius 3 is 2.64 bits per heavy atom. The Labute approximate surface area is 244 Å². The Morgan fingerprint density at radius 2 is 1.95 bits per heavy atom. The average Bonchev–Trinajstić information content (AvgIpc) is 3.66. The lowest BCUT2D eigenvalue weighted by molar-refractivity contribution is 0.0995. The molecule has 0 radical (unpaired) electrons. The van der Waals surface area contributed by atoms with E-state index in [1.54, 1.807) is 23.4 Å². The van der Waals surface area contributed by atoms with E-state index in [1.165, 1.54) is 19.3 Å². The topological polar surface area (TPSA) is 99.7 Å². The van der Waals surface area contributed by atoms with Gasteiger partial charge in [-0.1, -0.05) is 19.4 Å². The molecule has 1 N–H and O–H groups in total. The molecule has 4 aromatic rings. The van der Waals surface area contributed by atoms with E-state index in [1.807, 2.05) is 35.9 Å². The van der Waals surface area contributed by atoms with Crippen LogP contribution >= 0.6 is 0 Å². The van der Waals surface area contributed by atoms with Crippen LogP contribution in [0.4, 0.5) is 10.2 Å². The van der Waals surface area contributed by atoms with Crippen LogP contribution in [0.3, 0.4) is 0 Å². The molecule has 7 rings (SSSR count). The molecular weight excluding hydrogens is 529 g/mol. The average molecular weight is 562 g/mol. The summed E-state index contributed by atoms with van der Waals surface area (Å²) in [4.78, 5) is 20.3. The third-order valence-corrected chi connectivity index (χ3v) is 9.00. The number of benzene rings is 2. The number of carbonyl (C=O) groups excluding carboxylic acids is 1. The summed E-state index contributed by atoms with van der Waals surface area (Å²) in [6, 6.07) is 15.0. The maximum absolute atomic E-state index is 15.4. The smallest absolute Gasteiger partial charge is 0.260 e. The zero-order valence-electron chi connectivity index (χ0n) is 23.8. The van der Waals surface area contributed by atoms with Crippen LogP contribution in [-0.2, 0) is 20.1 Å². The number of hydrogen-bond donors (Lipinski definition) is 1. The van der Waals surface area contributed by atoms with Gasteiger partial charge in [-0.25, -0.2) is 9.37 Å². The highest BCUT2D eigenvalue weighted by atomic mass is 19.1. The van der Waals surface area contributed by atoms with Gasteiger partial charge in [0.2, 0.25) is 0 Å². The predicted octanol–water partition coefficient (Wildman–Crippen LogP) is 5.87. The number of carbonyl (C=O) groups is 1. The van der Waals surface area contributed by atoms with Crippen molar-refractivity contribution in [3.8, 4) is 28.6 Å². The summed E-state index contributed by atoms with van der Waals surface area (Å²) in [5.74, 6) is 0.863. The van der Waals surface area contributed by atoms with Gasteiger partial charge in [-0.3, -0.25) is 9.69 Å². The summed E-state index contributed by atoms with van der Waals surface area (Å²) >= 11 is 0. The van der Waals surface area contributed by atoms with Crippen LogP contribution < -0.4 is 10.2 Å². The molecule has 3 aliphatic rings. The van der Waals surface area contributed by atoms with Gasteiger partial charge in [0, 0.05) is 48.4 Å². The molecule has 1 aliphatic heterocycles. The Bertz CT molecular complexity index is 1760. The summed E-state index contributed by atoms with van der Waals surface area (Å²) in [5.41, 5.74) is 5.82. The molecule has 2 aromatic heterocycles. The van der Waals surface area contributed by atoms with Crippen molar-refractivity contribution < 1.29 is 9.18 Å². The molecule has 3 heterocycles. The molecule has 0 unspecified atom stereocenters. The first-order chi connectivity index (χ1) is 20.3. The van der Waals surface area contributed by atoms with Crippen LogP contribution in [0, 0.1) is 22.6 Å². The van der Waals surface area contributed by atoms with Crippen molar-refractivity contribution >= 4 is 11.7 Å². The lowest BCUT2D eigenvalue weighted by Gasteiger charge is -2.38. The lowest BCUT2D eigenvalue weighted by atomic mass is 9.70. The highest BCUT2D eigenvalue weighted by Crippen LogP contribution is 2.43. The van der Waals surface area contributed by atoms with E-state index >= 15 is 4.39 Å². The zero-order valence-corrected chi connectivity index (χ0v) is 23.8. The third-order valence-electron chi connectivity index (χ3n) is 9.00. The standard InChI is InChI=1S/C33H32FN7O/c1-33(8-3-9-33)18-36-16-21-11-26-27(28(34)12-21)17-41(32(26)42)30-14-23(13-29(38-30)22-5-6-22)24-7-4-20(15-35)10-25(24)31-39-37-19-40(31)2/h4,7,10-14,19,22,36H,3,5-6,8-9,16-18H2,1-2H3. The second kappa shape index (κ2) is 10.1. The Morgan fingerprint density at radius 1 is 1.12 bits per heavy atom. The zero-order chi connectivity index (χ0) is 29.0. The number of halogens is 1. The molecule has 42 heavy (non-hydrogen) atoms.